The van der Waals surface area contributed by atoms with E-state index in [2.05, 4.69) is 4.98 Å². The first-order valence-corrected chi connectivity index (χ1v) is 7.41. The maximum atomic E-state index is 12.3. The van der Waals surface area contributed by atoms with Crippen molar-refractivity contribution in [3.05, 3.63) is 70.4 Å². The summed E-state index contributed by atoms with van der Waals surface area (Å²) in [4.78, 5) is 44.5. The smallest absolute Gasteiger partial charge is 0.349 e. The molecule has 6 nitrogen and oxygen atoms in total. The molecule has 24 heavy (non-hydrogen) atoms. The summed E-state index contributed by atoms with van der Waals surface area (Å²) in [7, 11) is 0. The average molecular weight is 341 g/mol. The number of carbonyl (C=O) groups is 3. The number of carbonyl (C=O) groups excluding carboxylic acids is 3. The number of halogens is 1. The zero-order valence-corrected chi connectivity index (χ0v) is 12.8. The number of nitrogens with zero attached hydrogens (tertiary/aromatic N) is 1. The lowest BCUT2D eigenvalue weighted by molar-refractivity contribution is -0.0587. The summed E-state index contributed by atoms with van der Waals surface area (Å²) in [5, 5.41) is 1.59. The number of fused-ring (bicyclic) bond motifs is 2. The zero-order valence-electron chi connectivity index (χ0n) is 12.1. The van der Waals surface area contributed by atoms with Crippen molar-refractivity contribution in [1.29, 1.82) is 0 Å². The normalized spacial score (nSPS) is 13.5. The van der Waals surface area contributed by atoms with Crippen LogP contribution in [0.4, 0.5) is 0 Å². The lowest BCUT2D eigenvalue weighted by Crippen LogP contribution is -2.32. The monoisotopic (exact) mass is 340 g/mol. The Balaban J connectivity index is 1.64. The van der Waals surface area contributed by atoms with E-state index < -0.39 is 17.8 Å². The molecule has 0 saturated heterocycles. The number of aromatic amines is 1. The van der Waals surface area contributed by atoms with Gasteiger partial charge in [-0.3, -0.25) is 9.59 Å². The van der Waals surface area contributed by atoms with Gasteiger partial charge in [0.2, 0.25) is 0 Å². The number of hydrogen-bond acceptors (Lipinski definition) is 4. The zero-order chi connectivity index (χ0) is 16.8. The first-order valence-electron chi connectivity index (χ1n) is 7.03. The van der Waals surface area contributed by atoms with E-state index in [-0.39, 0.29) is 16.8 Å². The molecular formula is C17H9ClN2O4. The first kappa shape index (κ1) is 14.5. The Kier molecular flexibility index (Phi) is 3.14. The van der Waals surface area contributed by atoms with E-state index in [1.165, 1.54) is 18.2 Å². The SMILES string of the molecule is O=C(ON1C(=O)c2ccccc2C1=O)c1cc2c(Cl)cccc2[nH]1. The first-order chi connectivity index (χ1) is 11.6. The predicted octanol–water partition coefficient (Wildman–Crippen LogP) is 3.19. The fourth-order valence-corrected chi connectivity index (χ4v) is 2.84. The van der Waals surface area contributed by atoms with Gasteiger partial charge in [-0.05, 0) is 30.3 Å². The minimum atomic E-state index is -0.850. The molecule has 4 rings (SSSR count). The van der Waals surface area contributed by atoms with Gasteiger partial charge in [-0.15, -0.1) is 0 Å². The van der Waals surface area contributed by atoms with Gasteiger partial charge >= 0.3 is 5.97 Å². The molecule has 0 radical (unpaired) electrons. The molecule has 1 N–H and O–H groups in total. The third kappa shape index (κ3) is 2.08. The lowest BCUT2D eigenvalue weighted by Gasteiger charge is -2.11. The van der Waals surface area contributed by atoms with Crippen molar-refractivity contribution in [2.75, 3.05) is 0 Å². The Morgan fingerprint density at radius 2 is 1.67 bits per heavy atom. The molecule has 0 spiro atoms. The van der Waals surface area contributed by atoms with Gasteiger partial charge in [-0.2, -0.15) is 0 Å². The average Bonchev–Trinajstić information content (AvgIpc) is 3.12. The van der Waals surface area contributed by atoms with Crippen molar-refractivity contribution in [3.8, 4) is 0 Å². The second kappa shape index (κ2) is 5.21. The molecule has 0 aliphatic carbocycles. The molecule has 0 unspecified atom stereocenters. The molecule has 7 heteroatoms. The lowest BCUT2D eigenvalue weighted by atomic mass is 10.1. The van der Waals surface area contributed by atoms with Crippen LogP contribution in [0.5, 0.6) is 0 Å². The second-order valence-electron chi connectivity index (χ2n) is 5.21. The van der Waals surface area contributed by atoms with E-state index in [9.17, 15) is 14.4 Å². The van der Waals surface area contributed by atoms with E-state index in [0.717, 1.165) is 0 Å². The van der Waals surface area contributed by atoms with E-state index in [1.807, 2.05) is 0 Å². The molecule has 3 aromatic rings. The van der Waals surface area contributed by atoms with Crippen molar-refractivity contribution >= 4 is 40.3 Å². The topological polar surface area (TPSA) is 79.5 Å². The number of amides is 2. The minimum absolute atomic E-state index is 0.0923. The summed E-state index contributed by atoms with van der Waals surface area (Å²) >= 11 is 6.06. The van der Waals surface area contributed by atoms with Crippen LogP contribution in [0.25, 0.3) is 10.9 Å². The summed E-state index contributed by atoms with van der Waals surface area (Å²) < 4.78 is 0. The summed E-state index contributed by atoms with van der Waals surface area (Å²) in [6.07, 6.45) is 0. The van der Waals surface area contributed by atoms with Gasteiger partial charge in [0.25, 0.3) is 11.8 Å². The minimum Gasteiger partial charge on any atom is -0.349 e. The number of hydroxylamine groups is 2. The van der Waals surface area contributed by atoms with Gasteiger partial charge in [0.1, 0.15) is 5.69 Å². The molecule has 1 aliphatic heterocycles. The van der Waals surface area contributed by atoms with Gasteiger partial charge in [-0.25, -0.2) is 4.79 Å². The van der Waals surface area contributed by atoms with Crippen LogP contribution >= 0.6 is 11.6 Å². The number of hydrogen-bond donors (Lipinski definition) is 1. The van der Waals surface area contributed by atoms with Crippen LogP contribution in [0.3, 0.4) is 0 Å². The molecule has 2 amide bonds. The number of imide groups is 1. The van der Waals surface area contributed by atoms with Gasteiger partial charge < -0.3 is 9.82 Å². The van der Waals surface area contributed by atoms with E-state index in [0.29, 0.717) is 21.0 Å². The van der Waals surface area contributed by atoms with Gasteiger partial charge in [0.05, 0.1) is 11.1 Å². The molecule has 1 aromatic heterocycles. The summed E-state index contributed by atoms with van der Waals surface area (Å²) in [5.74, 6) is -2.19. The highest BCUT2D eigenvalue weighted by molar-refractivity contribution is 6.35. The Labute approximate surface area is 140 Å². The largest absolute Gasteiger partial charge is 0.380 e. The highest BCUT2D eigenvalue weighted by Crippen LogP contribution is 2.26. The number of rotatable bonds is 2. The Bertz CT molecular complexity index is 989. The highest BCUT2D eigenvalue weighted by Gasteiger charge is 2.39. The number of nitrogens with one attached hydrogen (secondary N) is 1. The fraction of sp³-hybridized carbons (Fsp3) is 0. The summed E-state index contributed by atoms with van der Waals surface area (Å²) in [6, 6.07) is 13.0. The molecule has 118 valence electrons. The van der Waals surface area contributed by atoms with E-state index >= 15 is 0 Å². The van der Waals surface area contributed by atoms with Crippen molar-refractivity contribution in [2.45, 2.75) is 0 Å². The summed E-state index contributed by atoms with van der Waals surface area (Å²) in [5.41, 5.74) is 1.15. The second-order valence-corrected chi connectivity index (χ2v) is 5.62. The van der Waals surface area contributed by atoms with Crippen molar-refractivity contribution in [2.24, 2.45) is 0 Å². The van der Waals surface area contributed by atoms with E-state index in [4.69, 9.17) is 16.4 Å². The standard InChI is InChI=1S/C17H9ClN2O4/c18-12-6-3-7-13-11(12)8-14(19-13)17(23)24-20-15(21)9-4-1-2-5-10(9)16(20)22/h1-8,19H. The van der Waals surface area contributed by atoms with Crippen LogP contribution in [0.15, 0.2) is 48.5 Å². The van der Waals surface area contributed by atoms with E-state index in [1.54, 1.807) is 30.3 Å². The summed E-state index contributed by atoms with van der Waals surface area (Å²) in [6.45, 7) is 0. The molecule has 2 aromatic carbocycles. The Morgan fingerprint density at radius 1 is 1.00 bits per heavy atom. The van der Waals surface area contributed by atoms with Crippen LogP contribution in [-0.4, -0.2) is 27.8 Å². The molecule has 0 bridgehead atoms. The van der Waals surface area contributed by atoms with Crippen LogP contribution in [-0.2, 0) is 4.84 Å². The third-order valence-corrected chi connectivity index (χ3v) is 4.09. The fourth-order valence-electron chi connectivity index (χ4n) is 2.61. The molecular weight excluding hydrogens is 332 g/mol. The molecule has 2 heterocycles. The van der Waals surface area contributed by atoms with Crippen LogP contribution in [0.1, 0.15) is 31.2 Å². The Morgan fingerprint density at radius 3 is 2.29 bits per heavy atom. The van der Waals surface area contributed by atoms with Crippen LogP contribution in [0, 0.1) is 0 Å². The quantitative estimate of drug-likeness (QED) is 0.726. The molecule has 0 saturated carbocycles. The third-order valence-electron chi connectivity index (χ3n) is 3.76. The molecule has 0 atom stereocenters. The Hall–Kier alpha value is -3.12. The van der Waals surface area contributed by atoms with Crippen LogP contribution in [0.2, 0.25) is 5.02 Å². The molecule has 1 aliphatic rings. The number of benzene rings is 2. The van der Waals surface area contributed by atoms with Crippen molar-refractivity contribution < 1.29 is 19.2 Å². The van der Waals surface area contributed by atoms with Crippen molar-refractivity contribution in [3.63, 3.8) is 0 Å². The van der Waals surface area contributed by atoms with Crippen molar-refractivity contribution in [1.82, 2.24) is 10.0 Å². The van der Waals surface area contributed by atoms with Gasteiger partial charge in [0.15, 0.2) is 0 Å². The number of aromatic nitrogens is 1. The molecule has 0 fully saturated rings. The van der Waals surface area contributed by atoms with Crippen LogP contribution < -0.4 is 0 Å². The number of H-pyrrole nitrogens is 1. The predicted molar refractivity (Wildman–Crippen MR) is 85.7 cm³/mol. The highest BCUT2D eigenvalue weighted by atomic mass is 35.5. The van der Waals surface area contributed by atoms with Gasteiger partial charge in [-0.1, -0.05) is 34.9 Å². The maximum absolute atomic E-state index is 12.3. The maximum Gasteiger partial charge on any atom is 0.380 e. The van der Waals surface area contributed by atoms with Gasteiger partial charge in [0, 0.05) is 15.9 Å².